The Kier molecular flexibility index (Phi) is 4.16. The zero-order valence-electron chi connectivity index (χ0n) is 10.6. The van der Waals surface area contributed by atoms with Crippen LogP contribution in [-0.2, 0) is 0 Å². The molecule has 2 rings (SSSR count). The Morgan fingerprint density at radius 1 is 1.16 bits per heavy atom. The van der Waals surface area contributed by atoms with Gasteiger partial charge in [-0.1, -0.05) is 11.8 Å². The molecule has 1 aromatic carbocycles. The van der Waals surface area contributed by atoms with E-state index in [-0.39, 0.29) is 0 Å². The summed E-state index contributed by atoms with van der Waals surface area (Å²) in [4.78, 5) is 3.96. The van der Waals surface area contributed by atoms with Gasteiger partial charge in [-0.3, -0.25) is 0 Å². The Morgan fingerprint density at radius 3 is 2.63 bits per heavy atom. The zero-order valence-corrected chi connectivity index (χ0v) is 10.6. The Balaban J connectivity index is 2.22. The van der Waals surface area contributed by atoms with E-state index in [9.17, 15) is 0 Å². The van der Waals surface area contributed by atoms with Gasteiger partial charge in [-0.05, 0) is 43.3 Å². The first-order valence-corrected chi connectivity index (χ1v) is 5.93. The third-order valence-electron chi connectivity index (χ3n) is 2.42. The molecule has 2 aromatic rings. The van der Waals surface area contributed by atoms with Crippen molar-refractivity contribution in [3.8, 4) is 23.7 Å². The van der Waals surface area contributed by atoms with Crippen molar-refractivity contribution in [1.82, 2.24) is 4.98 Å². The van der Waals surface area contributed by atoms with E-state index in [1.165, 1.54) is 0 Å². The molecule has 0 radical (unpaired) electrons. The lowest BCUT2D eigenvalue weighted by Gasteiger charge is -2.01. The van der Waals surface area contributed by atoms with Crippen molar-refractivity contribution in [2.45, 2.75) is 6.92 Å². The molecule has 0 saturated heterocycles. The summed E-state index contributed by atoms with van der Waals surface area (Å²) in [6.45, 7) is 2.59. The van der Waals surface area contributed by atoms with E-state index in [0.717, 1.165) is 11.3 Å². The fourth-order valence-electron chi connectivity index (χ4n) is 1.54. The van der Waals surface area contributed by atoms with E-state index in [1.807, 2.05) is 37.3 Å². The number of rotatable bonds is 2. The van der Waals surface area contributed by atoms with Crippen molar-refractivity contribution in [3.05, 3.63) is 59.4 Å². The van der Waals surface area contributed by atoms with Gasteiger partial charge in [0.25, 0.3) is 0 Å². The minimum absolute atomic E-state index is 0.348. The first kappa shape index (κ1) is 12.7. The van der Waals surface area contributed by atoms with Gasteiger partial charge in [-0.25, -0.2) is 4.98 Å². The van der Waals surface area contributed by atoms with Crippen LogP contribution in [0.2, 0.25) is 0 Å². The number of hydrogen-bond donors (Lipinski definition) is 0. The molecule has 0 saturated carbocycles. The molecule has 0 aliphatic heterocycles. The Hall–Kier alpha value is -2.78. The molecule has 0 N–H and O–H groups in total. The minimum Gasteiger partial charge on any atom is -0.494 e. The molecule has 0 amide bonds. The van der Waals surface area contributed by atoms with Crippen molar-refractivity contribution in [2.75, 3.05) is 6.61 Å². The summed E-state index contributed by atoms with van der Waals surface area (Å²) in [5.41, 5.74) is 1.86. The van der Waals surface area contributed by atoms with E-state index in [1.54, 1.807) is 18.3 Å². The second kappa shape index (κ2) is 6.23. The van der Waals surface area contributed by atoms with Crippen molar-refractivity contribution in [3.63, 3.8) is 0 Å². The van der Waals surface area contributed by atoms with Gasteiger partial charge in [-0.2, -0.15) is 5.26 Å². The van der Waals surface area contributed by atoms with Crippen LogP contribution in [0.1, 0.15) is 23.7 Å². The van der Waals surface area contributed by atoms with Gasteiger partial charge < -0.3 is 4.74 Å². The highest BCUT2D eigenvalue weighted by Crippen LogP contribution is 2.11. The fourth-order valence-corrected chi connectivity index (χ4v) is 1.54. The topological polar surface area (TPSA) is 45.9 Å². The van der Waals surface area contributed by atoms with E-state index in [2.05, 4.69) is 16.8 Å². The number of benzene rings is 1. The van der Waals surface area contributed by atoms with Crippen LogP contribution in [0, 0.1) is 23.2 Å². The maximum atomic E-state index is 8.91. The smallest absolute Gasteiger partial charge is 0.156 e. The highest BCUT2D eigenvalue weighted by Gasteiger charge is 1.97. The van der Waals surface area contributed by atoms with Crippen LogP contribution in [0.5, 0.6) is 5.75 Å². The largest absolute Gasteiger partial charge is 0.494 e. The third kappa shape index (κ3) is 3.34. The third-order valence-corrected chi connectivity index (χ3v) is 2.42. The van der Waals surface area contributed by atoms with Gasteiger partial charge in [0.05, 0.1) is 12.2 Å². The van der Waals surface area contributed by atoms with Crippen LogP contribution in [0.4, 0.5) is 0 Å². The summed E-state index contributed by atoms with van der Waals surface area (Å²) in [6, 6.07) is 13.1. The van der Waals surface area contributed by atoms with Gasteiger partial charge in [0, 0.05) is 11.8 Å². The molecule has 3 heteroatoms. The maximum absolute atomic E-state index is 8.91. The van der Waals surface area contributed by atoms with Crippen LogP contribution in [0.15, 0.2) is 42.6 Å². The molecule has 0 bridgehead atoms. The molecule has 0 spiro atoms. The lowest BCUT2D eigenvalue weighted by molar-refractivity contribution is 0.340. The number of nitriles is 1. The highest BCUT2D eigenvalue weighted by atomic mass is 16.5. The molecule has 19 heavy (non-hydrogen) atoms. The van der Waals surface area contributed by atoms with Gasteiger partial charge >= 0.3 is 0 Å². The van der Waals surface area contributed by atoms with E-state index < -0.39 is 0 Å². The summed E-state index contributed by atoms with van der Waals surface area (Å²) >= 11 is 0. The predicted molar refractivity (Wildman–Crippen MR) is 72.5 cm³/mol. The lowest BCUT2D eigenvalue weighted by Crippen LogP contribution is -1.90. The molecular weight excluding hydrogens is 236 g/mol. The summed E-state index contributed by atoms with van der Waals surface area (Å²) in [5.74, 6) is 6.79. The first-order chi connectivity index (χ1) is 9.33. The monoisotopic (exact) mass is 248 g/mol. The Morgan fingerprint density at radius 2 is 1.95 bits per heavy atom. The molecule has 0 fully saturated rings. The maximum Gasteiger partial charge on any atom is 0.156 e. The Bertz CT molecular complexity index is 658. The number of hydrogen-bond acceptors (Lipinski definition) is 3. The van der Waals surface area contributed by atoms with Crippen molar-refractivity contribution in [1.29, 1.82) is 5.26 Å². The molecule has 92 valence electrons. The summed E-state index contributed by atoms with van der Waals surface area (Å²) in [5, 5.41) is 8.91. The summed E-state index contributed by atoms with van der Waals surface area (Å²) in [7, 11) is 0. The number of pyridine rings is 1. The van der Waals surface area contributed by atoms with Crippen LogP contribution in [0.25, 0.3) is 0 Å². The second-order valence-corrected chi connectivity index (χ2v) is 3.72. The lowest BCUT2D eigenvalue weighted by atomic mass is 10.1. The SMILES string of the molecule is CCOc1ccc(C#Cc2cccnc2C#N)cc1. The highest BCUT2D eigenvalue weighted by molar-refractivity contribution is 5.48. The standard InChI is InChI=1S/C16H12N2O/c1-2-19-15-9-6-13(7-10-15)5-8-14-4-3-11-18-16(14)12-17/h3-4,6-7,9-11H,2H2,1H3. The van der Waals surface area contributed by atoms with Gasteiger partial charge in [0.2, 0.25) is 0 Å². The molecule has 3 nitrogen and oxygen atoms in total. The van der Waals surface area contributed by atoms with Crippen molar-refractivity contribution < 1.29 is 4.74 Å². The quantitative estimate of drug-likeness (QED) is 0.768. The van der Waals surface area contributed by atoms with E-state index in [0.29, 0.717) is 17.9 Å². The van der Waals surface area contributed by atoms with Gasteiger partial charge in [0.1, 0.15) is 11.8 Å². The molecule has 1 aromatic heterocycles. The molecule has 0 unspecified atom stereocenters. The zero-order chi connectivity index (χ0) is 13.5. The first-order valence-electron chi connectivity index (χ1n) is 5.93. The number of aromatic nitrogens is 1. The number of ether oxygens (including phenoxy) is 1. The molecule has 1 heterocycles. The summed E-state index contributed by atoms with van der Waals surface area (Å²) in [6.07, 6.45) is 1.58. The van der Waals surface area contributed by atoms with Crippen molar-refractivity contribution in [2.24, 2.45) is 0 Å². The molecule has 0 aliphatic rings. The molecule has 0 aliphatic carbocycles. The average molecular weight is 248 g/mol. The normalized spacial score (nSPS) is 9.05. The van der Waals surface area contributed by atoms with Crippen molar-refractivity contribution >= 4 is 0 Å². The van der Waals surface area contributed by atoms with Crippen LogP contribution in [0.3, 0.4) is 0 Å². The Labute approximate surface area is 112 Å². The summed E-state index contributed by atoms with van der Waals surface area (Å²) < 4.78 is 5.36. The average Bonchev–Trinajstić information content (AvgIpc) is 2.47. The van der Waals surface area contributed by atoms with Gasteiger partial charge in [0.15, 0.2) is 5.69 Å². The van der Waals surface area contributed by atoms with Crippen LogP contribution >= 0.6 is 0 Å². The van der Waals surface area contributed by atoms with Crippen LogP contribution < -0.4 is 4.74 Å². The van der Waals surface area contributed by atoms with Gasteiger partial charge in [-0.15, -0.1) is 0 Å². The van der Waals surface area contributed by atoms with E-state index >= 15 is 0 Å². The van der Waals surface area contributed by atoms with E-state index in [4.69, 9.17) is 10.00 Å². The second-order valence-electron chi connectivity index (χ2n) is 3.72. The predicted octanol–water partition coefficient (Wildman–Crippen LogP) is 2.75. The van der Waals surface area contributed by atoms with Crippen LogP contribution in [-0.4, -0.2) is 11.6 Å². The molecular formula is C16H12N2O. The fraction of sp³-hybridized carbons (Fsp3) is 0.125. The number of nitrogens with zero attached hydrogens (tertiary/aromatic N) is 2. The molecule has 0 atom stereocenters. The minimum atomic E-state index is 0.348.